The topological polar surface area (TPSA) is 130 Å². The largest absolute Gasteiger partial charge is 0.466 e. The predicted molar refractivity (Wildman–Crippen MR) is 138 cm³/mol. The molecule has 0 aliphatic carbocycles. The van der Waals surface area contributed by atoms with Gasteiger partial charge in [0.15, 0.2) is 5.16 Å². The van der Waals surface area contributed by atoms with Gasteiger partial charge in [-0.1, -0.05) is 36.0 Å². The third kappa shape index (κ3) is 4.96. The molecule has 1 unspecified atom stereocenters. The lowest BCUT2D eigenvalue weighted by molar-refractivity contribution is -0.384. The molecule has 3 aromatic rings. The molecule has 36 heavy (non-hydrogen) atoms. The Kier molecular flexibility index (Phi) is 7.11. The lowest BCUT2D eigenvalue weighted by Gasteiger charge is -2.29. The molecule has 2 aromatic carbocycles. The average Bonchev–Trinajstić information content (AvgIpc) is 2.86. The van der Waals surface area contributed by atoms with Gasteiger partial charge in [-0.3, -0.25) is 14.9 Å². The quantitative estimate of drug-likeness (QED) is 0.160. The van der Waals surface area contributed by atoms with E-state index in [0.29, 0.717) is 33.6 Å². The fourth-order valence-corrected chi connectivity index (χ4v) is 4.86. The van der Waals surface area contributed by atoms with Crippen molar-refractivity contribution in [2.75, 3.05) is 31.4 Å². The van der Waals surface area contributed by atoms with Crippen LogP contribution in [-0.2, 0) is 15.3 Å². The number of allylic oxidation sites excluding steroid dienone is 1. The summed E-state index contributed by atoms with van der Waals surface area (Å²) < 4.78 is 5.04. The van der Waals surface area contributed by atoms with Gasteiger partial charge >= 0.3 is 5.97 Å². The number of nitrogens with one attached hydrogen (secondary N) is 2. The first kappa shape index (κ1) is 25.0. The van der Waals surface area contributed by atoms with Gasteiger partial charge < -0.3 is 19.9 Å². The minimum atomic E-state index is -0.658. The molecule has 0 amide bonds. The molecule has 10 nitrogen and oxygen atoms in total. The number of hydrogen-bond acceptors (Lipinski definition) is 9. The number of nitro groups is 1. The molecule has 1 atom stereocenters. The second-order valence-corrected chi connectivity index (χ2v) is 9.38. The van der Waals surface area contributed by atoms with Crippen LogP contribution in [0, 0.1) is 10.1 Å². The lowest BCUT2D eigenvalue weighted by atomic mass is 9.82. The van der Waals surface area contributed by atoms with E-state index in [-0.39, 0.29) is 11.2 Å². The number of methoxy groups -OCH3 is 1. The summed E-state index contributed by atoms with van der Waals surface area (Å²) in [6.07, 6.45) is 0. The van der Waals surface area contributed by atoms with E-state index in [9.17, 15) is 19.7 Å². The van der Waals surface area contributed by atoms with Gasteiger partial charge in [-0.05, 0) is 30.2 Å². The molecular weight excluding hydrogens is 482 g/mol. The van der Waals surface area contributed by atoms with Crippen LogP contribution in [-0.4, -0.2) is 42.1 Å². The molecular formula is C25H25N5O5S. The zero-order chi connectivity index (χ0) is 26.0. The highest BCUT2D eigenvalue weighted by Gasteiger charge is 2.36. The summed E-state index contributed by atoms with van der Waals surface area (Å²) in [5.74, 6) is -0.354. The summed E-state index contributed by atoms with van der Waals surface area (Å²) in [7, 11) is 5.18. The highest BCUT2D eigenvalue weighted by Crippen LogP contribution is 2.40. The molecule has 1 aliphatic heterocycles. The summed E-state index contributed by atoms with van der Waals surface area (Å²) in [5, 5.41) is 14.4. The highest BCUT2D eigenvalue weighted by atomic mass is 32.2. The first-order valence-electron chi connectivity index (χ1n) is 11.0. The molecule has 11 heteroatoms. The van der Waals surface area contributed by atoms with E-state index < -0.39 is 16.8 Å². The van der Waals surface area contributed by atoms with Crippen LogP contribution in [0.2, 0.25) is 0 Å². The number of nitrogens with zero attached hydrogens (tertiary/aromatic N) is 3. The maximum absolute atomic E-state index is 13.3. The summed E-state index contributed by atoms with van der Waals surface area (Å²) in [4.78, 5) is 45.9. The molecule has 186 valence electrons. The SMILES string of the molecule is COC(=O)C1=C(C)Nc2nc(SCc3ccc([N+](=O)[O-])cc3)[nH]c(=O)c2C1c1ccc(N(C)C)cc1. The first-order chi connectivity index (χ1) is 17.2. The predicted octanol–water partition coefficient (Wildman–Crippen LogP) is 4.04. The molecule has 0 saturated heterocycles. The van der Waals surface area contributed by atoms with Crippen molar-refractivity contribution in [3.05, 3.63) is 97.0 Å². The number of fused-ring (bicyclic) bond motifs is 1. The number of aromatic nitrogens is 2. The molecule has 2 N–H and O–H groups in total. The van der Waals surface area contributed by atoms with Gasteiger partial charge in [0.25, 0.3) is 11.2 Å². The van der Waals surface area contributed by atoms with E-state index in [4.69, 9.17) is 4.74 Å². The Morgan fingerprint density at radius 1 is 1.17 bits per heavy atom. The molecule has 2 heterocycles. The summed E-state index contributed by atoms with van der Waals surface area (Å²) in [5.41, 5.74) is 3.48. The molecule has 1 aliphatic rings. The van der Waals surface area contributed by atoms with Crippen molar-refractivity contribution in [1.29, 1.82) is 0 Å². The number of carbonyl (C=O) groups is 1. The number of ether oxygens (including phenoxy) is 1. The molecule has 0 bridgehead atoms. The van der Waals surface area contributed by atoms with Crippen molar-refractivity contribution >= 4 is 34.9 Å². The Balaban J connectivity index is 1.70. The summed E-state index contributed by atoms with van der Waals surface area (Å²) in [6.45, 7) is 1.75. The average molecular weight is 508 g/mol. The normalized spacial score (nSPS) is 14.6. The van der Waals surface area contributed by atoms with Crippen molar-refractivity contribution in [2.45, 2.75) is 23.8 Å². The number of rotatable bonds is 7. The monoisotopic (exact) mass is 507 g/mol. The lowest BCUT2D eigenvalue weighted by Crippen LogP contribution is -2.31. The van der Waals surface area contributed by atoms with Crippen molar-refractivity contribution in [3.8, 4) is 0 Å². The Morgan fingerprint density at radius 2 is 1.83 bits per heavy atom. The van der Waals surface area contributed by atoms with E-state index in [0.717, 1.165) is 16.8 Å². The third-order valence-electron chi connectivity index (χ3n) is 5.89. The van der Waals surface area contributed by atoms with Crippen molar-refractivity contribution in [1.82, 2.24) is 9.97 Å². The number of non-ortho nitro benzene ring substituents is 1. The first-order valence-corrected chi connectivity index (χ1v) is 12.0. The van der Waals surface area contributed by atoms with Crippen LogP contribution < -0.4 is 15.8 Å². The Bertz CT molecular complexity index is 1400. The summed E-state index contributed by atoms with van der Waals surface area (Å²) >= 11 is 1.30. The fourth-order valence-electron chi connectivity index (χ4n) is 4.04. The van der Waals surface area contributed by atoms with Crippen molar-refractivity contribution < 1.29 is 14.5 Å². The van der Waals surface area contributed by atoms with Gasteiger partial charge in [0.05, 0.1) is 29.1 Å². The minimum Gasteiger partial charge on any atom is -0.466 e. The number of anilines is 2. The number of H-pyrrole nitrogens is 1. The van der Waals surface area contributed by atoms with Crippen LogP contribution in [0.5, 0.6) is 0 Å². The molecule has 0 saturated carbocycles. The summed E-state index contributed by atoms with van der Waals surface area (Å²) in [6, 6.07) is 13.9. The standard InChI is InChI=1S/C25H25N5O5S/c1-14-19(24(32)35-4)20(16-7-11-17(12-8-16)29(2)3)21-22(26-14)27-25(28-23(21)31)36-13-15-5-9-18(10-6-15)30(33)34/h5-12,20H,13H2,1-4H3,(H2,26,27,28,31). The maximum atomic E-state index is 13.3. The van der Waals surface area contributed by atoms with E-state index in [1.54, 1.807) is 19.1 Å². The van der Waals surface area contributed by atoms with Crippen LogP contribution in [0.4, 0.5) is 17.2 Å². The molecule has 1 aromatic heterocycles. The molecule has 4 rings (SSSR count). The zero-order valence-electron chi connectivity index (χ0n) is 20.2. The van der Waals surface area contributed by atoms with Gasteiger partial charge in [0.2, 0.25) is 0 Å². The number of nitro benzene ring substituents is 1. The van der Waals surface area contributed by atoms with Crippen LogP contribution in [0.15, 0.2) is 69.8 Å². The molecule has 0 spiro atoms. The number of aromatic amines is 1. The number of carbonyl (C=O) groups excluding carboxylic acids is 1. The number of hydrogen-bond donors (Lipinski definition) is 2. The van der Waals surface area contributed by atoms with E-state index in [1.165, 1.54) is 31.0 Å². The van der Waals surface area contributed by atoms with Gasteiger partial charge in [-0.25, -0.2) is 9.78 Å². The minimum absolute atomic E-state index is 0.0154. The van der Waals surface area contributed by atoms with Crippen molar-refractivity contribution in [2.24, 2.45) is 0 Å². The van der Waals surface area contributed by atoms with Crippen LogP contribution in [0.1, 0.15) is 29.5 Å². The Morgan fingerprint density at radius 3 is 2.42 bits per heavy atom. The van der Waals surface area contributed by atoms with Gasteiger partial charge in [0, 0.05) is 43.4 Å². The highest BCUT2D eigenvalue weighted by molar-refractivity contribution is 7.98. The third-order valence-corrected chi connectivity index (χ3v) is 6.84. The Labute approximate surface area is 211 Å². The number of thioether (sulfide) groups is 1. The maximum Gasteiger partial charge on any atom is 0.336 e. The zero-order valence-corrected chi connectivity index (χ0v) is 21.0. The van der Waals surface area contributed by atoms with Crippen LogP contribution in [0.25, 0.3) is 0 Å². The second kappa shape index (κ2) is 10.2. The van der Waals surface area contributed by atoms with Gasteiger partial charge in [0.1, 0.15) is 5.82 Å². The van der Waals surface area contributed by atoms with E-state index >= 15 is 0 Å². The van der Waals surface area contributed by atoms with Crippen molar-refractivity contribution in [3.63, 3.8) is 0 Å². The van der Waals surface area contributed by atoms with E-state index in [2.05, 4.69) is 15.3 Å². The number of benzene rings is 2. The van der Waals surface area contributed by atoms with E-state index in [1.807, 2.05) is 43.3 Å². The fraction of sp³-hybridized carbons (Fsp3) is 0.240. The van der Waals surface area contributed by atoms with Gasteiger partial charge in [-0.15, -0.1) is 0 Å². The molecule has 0 fully saturated rings. The van der Waals surface area contributed by atoms with Crippen LogP contribution >= 0.6 is 11.8 Å². The van der Waals surface area contributed by atoms with Gasteiger partial charge in [-0.2, -0.15) is 0 Å². The molecule has 0 radical (unpaired) electrons. The Hall–Kier alpha value is -4.12. The number of esters is 1. The second-order valence-electron chi connectivity index (χ2n) is 8.42. The van der Waals surface area contributed by atoms with Crippen LogP contribution in [0.3, 0.4) is 0 Å². The smallest absolute Gasteiger partial charge is 0.336 e.